The molecular weight excluding hydrogens is 514 g/mol. The van der Waals surface area contributed by atoms with E-state index in [2.05, 4.69) is 17.1 Å². The number of amides is 1. The molecule has 3 rings (SSSR count). The van der Waals surface area contributed by atoms with Crippen molar-refractivity contribution in [1.29, 1.82) is 0 Å². The molecule has 0 fully saturated rings. The van der Waals surface area contributed by atoms with Crippen LogP contribution in [-0.2, 0) is 21.4 Å². The van der Waals surface area contributed by atoms with E-state index in [0.717, 1.165) is 15.4 Å². The number of methoxy groups -OCH3 is 1. The molecule has 0 saturated carbocycles. The molecule has 1 amide bonds. The van der Waals surface area contributed by atoms with Gasteiger partial charge in [-0.1, -0.05) is 54.1 Å². The van der Waals surface area contributed by atoms with E-state index in [0.29, 0.717) is 28.7 Å². The Bertz CT molecular complexity index is 1360. The summed E-state index contributed by atoms with van der Waals surface area (Å²) >= 11 is 5.92. The summed E-state index contributed by atoms with van der Waals surface area (Å²) in [7, 11) is -2.48. The summed E-state index contributed by atoms with van der Waals surface area (Å²) in [5.41, 5.74) is 4.82. The van der Waals surface area contributed by atoms with E-state index in [1.165, 1.54) is 37.6 Å². The van der Waals surface area contributed by atoms with Crippen molar-refractivity contribution < 1.29 is 22.7 Å². The zero-order valence-electron chi connectivity index (χ0n) is 20.6. The van der Waals surface area contributed by atoms with Crippen LogP contribution in [0.4, 0.5) is 0 Å². The molecule has 0 heterocycles. The van der Waals surface area contributed by atoms with Crippen molar-refractivity contribution in [3.63, 3.8) is 0 Å². The summed E-state index contributed by atoms with van der Waals surface area (Å²) in [5, 5.41) is 4.38. The van der Waals surface area contributed by atoms with Gasteiger partial charge in [0.25, 0.3) is 5.91 Å². The van der Waals surface area contributed by atoms with Crippen molar-refractivity contribution in [2.75, 3.05) is 20.3 Å². The lowest BCUT2D eigenvalue weighted by atomic mass is 10.1. The monoisotopic (exact) mass is 541 g/mol. The van der Waals surface area contributed by atoms with Gasteiger partial charge in [-0.15, -0.1) is 0 Å². The molecule has 0 aliphatic heterocycles. The second kappa shape index (κ2) is 13.0. The van der Waals surface area contributed by atoms with Crippen LogP contribution in [0.2, 0.25) is 5.02 Å². The van der Waals surface area contributed by atoms with E-state index < -0.39 is 22.5 Å². The van der Waals surface area contributed by atoms with Gasteiger partial charge in [-0.3, -0.25) is 4.79 Å². The second-order valence-electron chi connectivity index (χ2n) is 8.02. The summed E-state index contributed by atoms with van der Waals surface area (Å²) < 4.78 is 38.7. The van der Waals surface area contributed by atoms with Gasteiger partial charge in [0.15, 0.2) is 11.5 Å². The number of ether oxygens (including phenoxy) is 2. The van der Waals surface area contributed by atoms with Crippen molar-refractivity contribution in [3.05, 3.63) is 101 Å². The number of nitrogens with zero attached hydrogens (tertiary/aromatic N) is 2. The number of carbonyl (C=O) groups excluding carboxylic acids is 1. The Balaban J connectivity index is 1.75. The van der Waals surface area contributed by atoms with Crippen LogP contribution in [0.5, 0.6) is 11.5 Å². The molecule has 0 unspecified atom stereocenters. The van der Waals surface area contributed by atoms with Gasteiger partial charge in [-0.25, -0.2) is 13.8 Å². The van der Waals surface area contributed by atoms with E-state index in [9.17, 15) is 13.2 Å². The van der Waals surface area contributed by atoms with Gasteiger partial charge < -0.3 is 9.47 Å². The van der Waals surface area contributed by atoms with Crippen molar-refractivity contribution >= 4 is 33.7 Å². The average molecular weight is 542 g/mol. The minimum atomic E-state index is -4.00. The van der Waals surface area contributed by atoms with Crippen molar-refractivity contribution in [2.45, 2.75) is 18.4 Å². The molecule has 0 aliphatic carbocycles. The number of hydrogen-bond donors (Lipinski definition) is 1. The summed E-state index contributed by atoms with van der Waals surface area (Å²) in [5.74, 6) is 0.442. The highest BCUT2D eigenvalue weighted by atomic mass is 35.5. The molecule has 0 bridgehead atoms. The summed E-state index contributed by atoms with van der Waals surface area (Å²) in [4.78, 5) is 12.7. The quantitative estimate of drug-likeness (QED) is 0.206. The number of nitrogens with one attached hydrogen (secondary N) is 1. The fourth-order valence-corrected chi connectivity index (χ4v) is 4.80. The van der Waals surface area contributed by atoms with Gasteiger partial charge in [0.1, 0.15) is 6.61 Å². The Morgan fingerprint density at radius 1 is 1.08 bits per heavy atom. The maximum Gasteiger partial charge on any atom is 0.255 e. The number of carbonyl (C=O) groups is 1. The van der Waals surface area contributed by atoms with Gasteiger partial charge in [-0.05, 0) is 60.5 Å². The molecule has 3 aromatic carbocycles. The van der Waals surface area contributed by atoms with E-state index in [-0.39, 0.29) is 11.4 Å². The molecule has 10 heteroatoms. The zero-order chi connectivity index (χ0) is 26.8. The number of rotatable bonds is 12. The standard InChI is InChI=1S/C27H28ClN3O5S/c1-4-15-36-25-14-9-22(16-26(25)35-3)17-29-30-27(32)19-31(18-21-7-5-20(2)6-8-21)37(33,34)24-12-10-23(28)11-13-24/h4-14,16-17H,1,15,18-19H2,2-3H3,(H,30,32)/b29-17-. The molecule has 0 radical (unpaired) electrons. The lowest BCUT2D eigenvalue weighted by Gasteiger charge is -2.21. The van der Waals surface area contributed by atoms with Crippen molar-refractivity contribution in [3.8, 4) is 11.5 Å². The zero-order valence-corrected chi connectivity index (χ0v) is 22.1. The van der Waals surface area contributed by atoms with Gasteiger partial charge in [0.2, 0.25) is 10.0 Å². The van der Waals surface area contributed by atoms with Crippen LogP contribution in [-0.4, -0.2) is 45.1 Å². The predicted octanol–water partition coefficient (Wildman–Crippen LogP) is 4.56. The van der Waals surface area contributed by atoms with Crippen LogP contribution in [0.25, 0.3) is 0 Å². The minimum absolute atomic E-state index is 0.00570. The lowest BCUT2D eigenvalue weighted by Crippen LogP contribution is -2.39. The molecular formula is C27H28ClN3O5S. The van der Waals surface area contributed by atoms with Crippen molar-refractivity contribution in [2.24, 2.45) is 5.10 Å². The van der Waals surface area contributed by atoms with Gasteiger partial charge in [-0.2, -0.15) is 9.41 Å². The third kappa shape index (κ3) is 7.91. The van der Waals surface area contributed by atoms with E-state index in [1.54, 1.807) is 24.3 Å². The normalized spacial score (nSPS) is 11.5. The fraction of sp³-hybridized carbons (Fsp3) is 0.185. The van der Waals surface area contributed by atoms with E-state index in [1.807, 2.05) is 31.2 Å². The molecule has 0 aromatic heterocycles. The molecule has 0 atom stereocenters. The fourth-order valence-electron chi connectivity index (χ4n) is 3.29. The molecule has 3 aromatic rings. The smallest absolute Gasteiger partial charge is 0.255 e. The largest absolute Gasteiger partial charge is 0.493 e. The predicted molar refractivity (Wildman–Crippen MR) is 145 cm³/mol. The van der Waals surface area contributed by atoms with Crippen LogP contribution in [0.3, 0.4) is 0 Å². The SMILES string of the molecule is C=CCOc1ccc(/C=N\NC(=O)CN(Cc2ccc(C)cc2)S(=O)(=O)c2ccc(Cl)cc2)cc1OC. The Labute approximate surface area is 222 Å². The molecule has 1 N–H and O–H groups in total. The highest BCUT2D eigenvalue weighted by Gasteiger charge is 2.27. The molecule has 0 aliphatic rings. The number of sulfonamides is 1. The maximum absolute atomic E-state index is 13.4. The highest BCUT2D eigenvalue weighted by molar-refractivity contribution is 7.89. The van der Waals surface area contributed by atoms with Crippen LogP contribution in [0.15, 0.2) is 89.4 Å². The summed E-state index contributed by atoms with van der Waals surface area (Å²) in [6.07, 6.45) is 3.05. The molecule has 8 nitrogen and oxygen atoms in total. The first-order valence-electron chi connectivity index (χ1n) is 11.3. The summed E-state index contributed by atoms with van der Waals surface area (Å²) in [6.45, 7) is 5.45. The summed E-state index contributed by atoms with van der Waals surface area (Å²) in [6, 6.07) is 18.4. The van der Waals surface area contributed by atoms with Crippen LogP contribution in [0, 0.1) is 6.92 Å². The lowest BCUT2D eigenvalue weighted by molar-refractivity contribution is -0.121. The number of aryl methyl sites for hydroxylation is 1. The minimum Gasteiger partial charge on any atom is -0.493 e. The van der Waals surface area contributed by atoms with E-state index >= 15 is 0 Å². The first-order valence-corrected chi connectivity index (χ1v) is 13.1. The Kier molecular flexibility index (Phi) is 9.85. The Morgan fingerprint density at radius 3 is 2.43 bits per heavy atom. The first-order chi connectivity index (χ1) is 17.7. The number of halogens is 1. The third-order valence-corrected chi connectivity index (χ3v) is 7.26. The molecule has 0 spiro atoms. The van der Waals surface area contributed by atoms with Crippen LogP contribution in [0.1, 0.15) is 16.7 Å². The van der Waals surface area contributed by atoms with E-state index in [4.69, 9.17) is 21.1 Å². The van der Waals surface area contributed by atoms with Crippen LogP contribution >= 0.6 is 11.6 Å². The average Bonchev–Trinajstić information content (AvgIpc) is 2.88. The third-order valence-electron chi connectivity index (χ3n) is 5.20. The maximum atomic E-state index is 13.4. The number of hydrazone groups is 1. The number of hydrogen-bond acceptors (Lipinski definition) is 6. The highest BCUT2D eigenvalue weighted by Crippen LogP contribution is 2.27. The Hall–Kier alpha value is -3.66. The van der Waals surface area contributed by atoms with Crippen molar-refractivity contribution in [1.82, 2.24) is 9.73 Å². The second-order valence-corrected chi connectivity index (χ2v) is 10.4. The topological polar surface area (TPSA) is 97.3 Å². The van der Waals surface area contributed by atoms with Gasteiger partial charge >= 0.3 is 0 Å². The Morgan fingerprint density at radius 2 is 1.78 bits per heavy atom. The molecule has 194 valence electrons. The van der Waals surface area contributed by atoms with Gasteiger partial charge in [0.05, 0.1) is 24.8 Å². The first kappa shape index (κ1) is 27.9. The molecule has 37 heavy (non-hydrogen) atoms. The van der Waals surface area contributed by atoms with Crippen LogP contribution < -0.4 is 14.9 Å². The molecule has 0 saturated heterocycles. The number of benzene rings is 3. The van der Waals surface area contributed by atoms with Gasteiger partial charge in [0, 0.05) is 11.6 Å².